The van der Waals surface area contributed by atoms with E-state index >= 15 is 0 Å². The molecule has 134 valence electrons. The summed E-state index contributed by atoms with van der Waals surface area (Å²) in [5.41, 5.74) is 2.16. The third-order valence-corrected chi connectivity index (χ3v) is 5.84. The average Bonchev–Trinajstić information content (AvgIpc) is 3.16. The quantitative estimate of drug-likeness (QED) is 0.852. The molecule has 3 rings (SSSR count). The Morgan fingerprint density at radius 3 is 2.48 bits per heavy atom. The Hall–Kier alpha value is -2.35. The molecule has 1 fully saturated rings. The molecule has 2 N–H and O–H groups in total. The van der Waals surface area contributed by atoms with Gasteiger partial charge in [-0.05, 0) is 50.1 Å². The maximum Gasteiger partial charge on any atom is 0.253 e. The van der Waals surface area contributed by atoms with Crippen LogP contribution in [-0.2, 0) is 10.0 Å². The molecule has 2 heterocycles. The predicted octanol–water partition coefficient (Wildman–Crippen LogP) is 2.19. The number of anilines is 1. The number of aromatic nitrogens is 2. The van der Waals surface area contributed by atoms with E-state index < -0.39 is 10.0 Å². The van der Waals surface area contributed by atoms with Crippen LogP contribution in [0.5, 0.6) is 0 Å². The van der Waals surface area contributed by atoms with Crippen molar-refractivity contribution in [2.75, 3.05) is 23.6 Å². The summed E-state index contributed by atoms with van der Waals surface area (Å²) >= 11 is 0. The van der Waals surface area contributed by atoms with Crippen LogP contribution < -0.4 is 4.72 Å². The van der Waals surface area contributed by atoms with E-state index in [2.05, 4.69) is 14.9 Å². The second-order valence-electron chi connectivity index (χ2n) is 6.16. The van der Waals surface area contributed by atoms with Crippen LogP contribution in [0, 0.1) is 0 Å². The Morgan fingerprint density at radius 2 is 1.92 bits per heavy atom. The number of amides is 1. The van der Waals surface area contributed by atoms with Gasteiger partial charge in [0.25, 0.3) is 5.91 Å². The second-order valence-corrected chi connectivity index (χ2v) is 8.17. The molecule has 25 heavy (non-hydrogen) atoms. The predicted molar refractivity (Wildman–Crippen MR) is 96.0 cm³/mol. The standard InChI is InChI=1S/C17H22N4O3S/c1-2-25(23,24)20-15-5-3-14(4-6-15)17(22)21-11-8-13(9-12-21)16-7-10-18-19-16/h3-7,10,13,20H,2,8-9,11-12H2,1H3,(H,18,19). The fraction of sp³-hybridized carbons (Fsp3) is 0.412. The largest absolute Gasteiger partial charge is 0.339 e. The highest BCUT2D eigenvalue weighted by Crippen LogP contribution is 2.27. The minimum atomic E-state index is -3.31. The van der Waals surface area contributed by atoms with Gasteiger partial charge in [0.05, 0.1) is 5.75 Å². The number of hydrogen-bond donors (Lipinski definition) is 2. The number of nitrogens with zero attached hydrogens (tertiary/aromatic N) is 2. The summed E-state index contributed by atoms with van der Waals surface area (Å²) in [7, 11) is -3.31. The molecule has 0 aliphatic carbocycles. The monoisotopic (exact) mass is 362 g/mol. The Kier molecular flexibility index (Phi) is 5.08. The fourth-order valence-electron chi connectivity index (χ4n) is 3.00. The molecule has 7 nitrogen and oxygen atoms in total. The molecule has 8 heteroatoms. The smallest absolute Gasteiger partial charge is 0.253 e. The van der Waals surface area contributed by atoms with Crippen LogP contribution in [0.25, 0.3) is 0 Å². The number of carbonyl (C=O) groups excluding carboxylic acids is 1. The zero-order valence-electron chi connectivity index (χ0n) is 14.1. The van der Waals surface area contributed by atoms with E-state index in [4.69, 9.17) is 0 Å². The first-order chi connectivity index (χ1) is 12.0. The molecule has 2 aromatic rings. The first-order valence-electron chi connectivity index (χ1n) is 8.37. The van der Waals surface area contributed by atoms with E-state index in [-0.39, 0.29) is 11.7 Å². The van der Waals surface area contributed by atoms with E-state index in [9.17, 15) is 13.2 Å². The summed E-state index contributed by atoms with van der Waals surface area (Å²) in [4.78, 5) is 14.5. The molecule has 1 aliphatic rings. The van der Waals surface area contributed by atoms with Crippen molar-refractivity contribution < 1.29 is 13.2 Å². The van der Waals surface area contributed by atoms with Crippen LogP contribution in [-0.4, -0.2) is 48.3 Å². The van der Waals surface area contributed by atoms with Gasteiger partial charge in [-0.25, -0.2) is 8.42 Å². The number of nitrogens with one attached hydrogen (secondary N) is 2. The molecule has 0 spiro atoms. The van der Waals surface area contributed by atoms with E-state index in [1.54, 1.807) is 37.4 Å². The van der Waals surface area contributed by atoms with Crippen molar-refractivity contribution in [2.24, 2.45) is 0 Å². The zero-order valence-corrected chi connectivity index (χ0v) is 14.9. The molecular formula is C17H22N4O3S. The Morgan fingerprint density at radius 1 is 1.24 bits per heavy atom. The van der Waals surface area contributed by atoms with Gasteiger partial charge in [-0.3, -0.25) is 14.6 Å². The summed E-state index contributed by atoms with van der Waals surface area (Å²) in [5.74, 6) is 0.407. The molecule has 1 aromatic carbocycles. The first kappa shape index (κ1) is 17.5. The average molecular weight is 362 g/mol. The van der Waals surface area contributed by atoms with Crippen molar-refractivity contribution >= 4 is 21.6 Å². The van der Waals surface area contributed by atoms with Gasteiger partial charge >= 0.3 is 0 Å². The maximum atomic E-state index is 12.6. The highest BCUT2D eigenvalue weighted by atomic mass is 32.2. The Balaban J connectivity index is 1.60. The number of sulfonamides is 1. The van der Waals surface area contributed by atoms with Crippen molar-refractivity contribution in [3.05, 3.63) is 47.8 Å². The lowest BCUT2D eigenvalue weighted by Gasteiger charge is -2.31. The molecule has 0 unspecified atom stereocenters. The number of hydrogen-bond acceptors (Lipinski definition) is 4. The molecule has 0 atom stereocenters. The van der Waals surface area contributed by atoms with Crippen LogP contribution in [0.15, 0.2) is 36.5 Å². The topological polar surface area (TPSA) is 95.2 Å². The SMILES string of the molecule is CCS(=O)(=O)Nc1ccc(C(=O)N2CCC(c3ccn[nH]3)CC2)cc1. The van der Waals surface area contributed by atoms with Crippen LogP contribution in [0.1, 0.15) is 41.7 Å². The lowest BCUT2D eigenvalue weighted by atomic mass is 9.93. The number of rotatable bonds is 5. The molecule has 0 bridgehead atoms. The highest BCUT2D eigenvalue weighted by molar-refractivity contribution is 7.92. The van der Waals surface area contributed by atoms with Gasteiger partial charge in [0.2, 0.25) is 10.0 Å². The molecule has 1 saturated heterocycles. The van der Waals surface area contributed by atoms with Gasteiger partial charge in [-0.1, -0.05) is 0 Å². The first-order valence-corrected chi connectivity index (χ1v) is 10.0. The van der Waals surface area contributed by atoms with E-state index in [1.807, 2.05) is 11.0 Å². The van der Waals surface area contributed by atoms with E-state index in [0.29, 0.717) is 30.3 Å². The third kappa shape index (κ3) is 4.19. The van der Waals surface area contributed by atoms with Gasteiger partial charge in [-0.2, -0.15) is 5.10 Å². The lowest BCUT2D eigenvalue weighted by molar-refractivity contribution is 0.0712. The number of benzene rings is 1. The summed E-state index contributed by atoms with van der Waals surface area (Å²) in [6.45, 7) is 2.98. The highest BCUT2D eigenvalue weighted by Gasteiger charge is 2.25. The normalized spacial score (nSPS) is 16.0. The Bertz CT molecular complexity index is 808. The van der Waals surface area contributed by atoms with Gasteiger partial charge in [0.1, 0.15) is 0 Å². The fourth-order valence-corrected chi connectivity index (χ4v) is 3.64. The second kappa shape index (κ2) is 7.26. The van der Waals surface area contributed by atoms with Crippen molar-refractivity contribution in [3.63, 3.8) is 0 Å². The van der Waals surface area contributed by atoms with Crippen LogP contribution in [0.2, 0.25) is 0 Å². The molecular weight excluding hydrogens is 340 g/mol. The number of carbonyl (C=O) groups is 1. The maximum absolute atomic E-state index is 12.6. The number of aromatic amines is 1. The van der Waals surface area contributed by atoms with Gasteiger partial charge < -0.3 is 4.90 Å². The minimum Gasteiger partial charge on any atom is -0.339 e. The third-order valence-electron chi connectivity index (χ3n) is 4.53. The number of piperidine rings is 1. The molecule has 1 aromatic heterocycles. The van der Waals surface area contributed by atoms with Crippen LogP contribution >= 0.6 is 0 Å². The minimum absolute atomic E-state index is 0.0129. The van der Waals surface area contributed by atoms with Crippen molar-refractivity contribution in [1.29, 1.82) is 0 Å². The number of likely N-dealkylation sites (tertiary alicyclic amines) is 1. The molecule has 1 aliphatic heterocycles. The van der Waals surface area contributed by atoms with E-state index in [0.717, 1.165) is 18.5 Å². The van der Waals surface area contributed by atoms with E-state index in [1.165, 1.54) is 0 Å². The summed E-state index contributed by atoms with van der Waals surface area (Å²) in [5, 5.41) is 6.99. The van der Waals surface area contributed by atoms with Crippen LogP contribution in [0.3, 0.4) is 0 Å². The summed E-state index contributed by atoms with van der Waals surface area (Å²) in [6, 6.07) is 8.56. The summed E-state index contributed by atoms with van der Waals surface area (Å²) < 4.78 is 25.6. The van der Waals surface area contributed by atoms with Crippen molar-refractivity contribution in [1.82, 2.24) is 15.1 Å². The molecule has 0 saturated carbocycles. The van der Waals surface area contributed by atoms with Gasteiger partial charge in [0, 0.05) is 42.1 Å². The molecule has 1 amide bonds. The lowest BCUT2D eigenvalue weighted by Crippen LogP contribution is -2.38. The van der Waals surface area contributed by atoms with Crippen LogP contribution in [0.4, 0.5) is 5.69 Å². The van der Waals surface area contributed by atoms with Gasteiger partial charge in [-0.15, -0.1) is 0 Å². The summed E-state index contributed by atoms with van der Waals surface area (Å²) in [6.07, 6.45) is 3.56. The van der Waals surface area contributed by atoms with Crippen molar-refractivity contribution in [2.45, 2.75) is 25.7 Å². The Labute approximate surface area is 147 Å². The van der Waals surface area contributed by atoms with Gasteiger partial charge in [0.15, 0.2) is 0 Å². The number of H-pyrrole nitrogens is 1. The molecule has 0 radical (unpaired) electrons. The van der Waals surface area contributed by atoms with Crippen molar-refractivity contribution in [3.8, 4) is 0 Å². The zero-order chi connectivity index (χ0) is 17.9.